The van der Waals surface area contributed by atoms with Crippen LogP contribution >= 0.6 is 0 Å². The number of carbonyl (C=O) groups excluding carboxylic acids is 1. The van der Waals surface area contributed by atoms with E-state index in [1.54, 1.807) is 7.05 Å². The Bertz CT molecular complexity index is 525. The van der Waals surface area contributed by atoms with Gasteiger partial charge in [0, 0.05) is 7.05 Å². The van der Waals surface area contributed by atoms with Gasteiger partial charge in [0.05, 0.1) is 17.8 Å². The number of fused-ring (bicyclic) bond motifs is 1. The molecule has 19 heavy (non-hydrogen) atoms. The average Bonchev–Trinajstić information content (AvgIpc) is 2.34. The fourth-order valence-corrected chi connectivity index (χ4v) is 2.38. The molecule has 2 N–H and O–H groups in total. The van der Waals surface area contributed by atoms with Crippen molar-refractivity contribution in [2.75, 3.05) is 17.3 Å². The molecule has 0 saturated carbocycles. The van der Waals surface area contributed by atoms with E-state index in [4.69, 9.17) is 5.11 Å². The third-order valence-corrected chi connectivity index (χ3v) is 3.38. The van der Waals surface area contributed by atoms with E-state index in [9.17, 15) is 9.59 Å². The molecule has 0 radical (unpaired) electrons. The number of likely N-dealkylation sites (N-methyl/N-ethyl adjacent to an activating group) is 1. The highest BCUT2D eigenvalue weighted by molar-refractivity contribution is 6.06. The highest BCUT2D eigenvalue weighted by Crippen LogP contribution is 2.37. The summed E-state index contributed by atoms with van der Waals surface area (Å²) in [4.78, 5) is 24.5. The van der Waals surface area contributed by atoms with Crippen LogP contribution in [0.15, 0.2) is 18.2 Å². The molecule has 1 atom stereocenters. The lowest BCUT2D eigenvalue weighted by Crippen LogP contribution is -2.46. The molecule has 1 amide bonds. The van der Waals surface area contributed by atoms with Crippen molar-refractivity contribution in [3.63, 3.8) is 0 Å². The minimum absolute atomic E-state index is 0.212. The van der Waals surface area contributed by atoms with Crippen molar-refractivity contribution < 1.29 is 14.7 Å². The number of para-hydroxylation sites is 1. The van der Waals surface area contributed by atoms with Crippen LogP contribution in [-0.4, -0.2) is 30.1 Å². The van der Waals surface area contributed by atoms with E-state index in [1.165, 1.54) is 4.90 Å². The van der Waals surface area contributed by atoms with Gasteiger partial charge in [-0.05, 0) is 17.5 Å². The van der Waals surface area contributed by atoms with E-state index in [-0.39, 0.29) is 12.3 Å². The number of anilines is 2. The predicted octanol–water partition coefficient (Wildman–Crippen LogP) is 2.04. The zero-order valence-corrected chi connectivity index (χ0v) is 11.3. The van der Waals surface area contributed by atoms with Crippen LogP contribution in [0.1, 0.15) is 31.7 Å². The largest absolute Gasteiger partial charge is 0.481 e. The Balaban J connectivity index is 2.45. The third-order valence-electron chi connectivity index (χ3n) is 3.38. The molecular formula is C14H18N2O3. The molecule has 1 unspecified atom stereocenters. The number of amides is 1. The molecule has 0 aromatic heterocycles. The van der Waals surface area contributed by atoms with Crippen molar-refractivity contribution in [3.8, 4) is 0 Å². The van der Waals surface area contributed by atoms with Crippen molar-refractivity contribution in [1.29, 1.82) is 0 Å². The maximum atomic E-state index is 12.1. The van der Waals surface area contributed by atoms with Gasteiger partial charge in [0.25, 0.3) is 0 Å². The number of carboxylic acids is 1. The van der Waals surface area contributed by atoms with Crippen LogP contribution in [0.3, 0.4) is 0 Å². The minimum Gasteiger partial charge on any atom is -0.481 e. The Morgan fingerprint density at radius 1 is 1.47 bits per heavy atom. The van der Waals surface area contributed by atoms with Gasteiger partial charge >= 0.3 is 5.97 Å². The summed E-state index contributed by atoms with van der Waals surface area (Å²) in [5, 5.41) is 12.0. The number of nitrogens with zero attached hydrogens (tertiary/aromatic N) is 1. The quantitative estimate of drug-likeness (QED) is 0.874. The Morgan fingerprint density at radius 3 is 2.74 bits per heavy atom. The minimum atomic E-state index is -0.982. The molecule has 1 aromatic rings. The van der Waals surface area contributed by atoms with Crippen molar-refractivity contribution in [2.45, 2.75) is 32.2 Å². The van der Waals surface area contributed by atoms with Crippen LogP contribution in [0.2, 0.25) is 0 Å². The highest BCUT2D eigenvalue weighted by Gasteiger charge is 2.33. The molecule has 1 heterocycles. The first kappa shape index (κ1) is 13.4. The van der Waals surface area contributed by atoms with Gasteiger partial charge in [0.1, 0.15) is 6.04 Å². The lowest BCUT2D eigenvalue weighted by atomic mass is 9.96. The Morgan fingerprint density at radius 2 is 2.16 bits per heavy atom. The molecule has 2 rings (SSSR count). The number of benzene rings is 1. The summed E-state index contributed by atoms with van der Waals surface area (Å²) >= 11 is 0. The smallest absolute Gasteiger partial charge is 0.305 e. The number of hydrogen-bond donors (Lipinski definition) is 2. The number of aliphatic carboxylic acids is 1. The number of nitrogens with one attached hydrogen (secondary N) is 1. The van der Waals surface area contributed by atoms with Crippen molar-refractivity contribution >= 4 is 23.3 Å². The summed E-state index contributed by atoms with van der Waals surface area (Å²) in [5.41, 5.74) is 2.76. The van der Waals surface area contributed by atoms with E-state index in [2.05, 4.69) is 19.2 Å². The molecule has 0 fully saturated rings. The molecule has 0 aliphatic carbocycles. The van der Waals surface area contributed by atoms with Crippen LogP contribution in [0.5, 0.6) is 0 Å². The summed E-state index contributed by atoms with van der Waals surface area (Å²) in [7, 11) is 1.68. The first-order valence-electron chi connectivity index (χ1n) is 6.30. The van der Waals surface area contributed by atoms with Crippen LogP contribution in [-0.2, 0) is 9.59 Å². The fraction of sp³-hybridized carbons (Fsp3) is 0.429. The van der Waals surface area contributed by atoms with Crippen molar-refractivity contribution in [3.05, 3.63) is 23.8 Å². The summed E-state index contributed by atoms with van der Waals surface area (Å²) in [5.74, 6) is -0.893. The number of rotatable bonds is 3. The first-order valence-corrected chi connectivity index (χ1v) is 6.30. The summed E-state index contributed by atoms with van der Waals surface area (Å²) in [6.07, 6.45) is -0.213. The van der Waals surface area contributed by atoms with Crippen molar-refractivity contribution in [2.24, 2.45) is 0 Å². The third kappa shape index (κ3) is 2.41. The van der Waals surface area contributed by atoms with Crippen LogP contribution < -0.4 is 10.2 Å². The Kier molecular flexibility index (Phi) is 3.46. The predicted molar refractivity (Wildman–Crippen MR) is 73.6 cm³/mol. The lowest BCUT2D eigenvalue weighted by Gasteiger charge is -2.34. The maximum Gasteiger partial charge on any atom is 0.305 e. The van der Waals surface area contributed by atoms with Gasteiger partial charge in [-0.25, -0.2) is 0 Å². The maximum absolute atomic E-state index is 12.1. The Labute approximate surface area is 112 Å². The van der Waals surface area contributed by atoms with Gasteiger partial charge in [-0.2, -0.15) is 0 Å². The molecule has 1 aliphatic heterocycles. The van der Waals surface area contributed by atoms with Crippen LogP contribution in [0.25, 0.3) is 0 Å². The van der Waals surface area contributed by atoms with E-state index in [1.807, 2.05) is 18.2 Å². The van der Waals surface area contributed by atoms with Crippen LogP contribution in [0.4, 0.5) is 11.4 Å². The Hall–Kier alpha value is -2.04. The molecule has 102 valence electrons. The SMILES string of the molecule is CC(C)c1cccc2c1NC(CC(=O)O)C(=O)N2C. The van der Waals surface area contributed by atoms with Gasteiger partial charge in [-0.1, -0.05) is 26.0 Å². The second kappa shape index (κ2) is 4.91. The summed E-state index contributed by atoms with van der Waals surface area (Å²) in [6, 6.07) is 5.08. The molecule has 1 aromatic carbocycles. The van der Waals surface area contributed by atoms with E-state index >= 15 is 0 Å². The molecule has 0 spiro atoms. The summed E-state index contributed by atoms with van der Waals surface area (Å²) in [6.45, 7) is 4.14. The van der Waals surface area contributed by atoms with E-state index in [0.29, 0.717) is 5.92 Å². The second-order valence-corrected chi connectivity index (χ2v) is 5.09. The van der Waals surface area contributed by atoms with Crippen molar-refractivity contribution in [1.82, 2.24) is 0 Å². The zero-order chi connectivity index (χ0) is 14.2. The topological polar surface area (TPSA) is 69.6 Å². The van der Waals surface area contributed by atoms with Gasteiger partial charge < -0.3 is 15.3 Å². The van der Waals surface area contributed by atoms with Gasteiger partial charge in [-0.15, -0.1) is 0 Å². The number of hydrogen-bond acceptors (Lipinski definition) is 3. The number of carboxylic acid groups (broad SMARTS) is 1. The number of carbonyl (C=O) groups is 2. The molecule has 5 heteroatoms. The molecule has 1 aliphatic rings. The summed E-state index contributed by atoms with van der Waals surface area (Å²) < 4.78 is 0. The van der Waals surface area contributed by atoms with Gasteiger partial charge in [-0.3, -0.25) is 9.59 Å². The van der Waals surface area contributed by atoms with Gasteiger partial charge in [0.2, 0.25) is 5.91 Å². The average molecular weight is 262 g/mol. The van der Waals surface area contributed by atoms with E-state index in [0.717, 1.165) is 16.9 Å². The zero-order valence-electron chi connectivity index (χ0n) is 11.3. The molecule has 0 bridgehead atoms. The molecule has 0 saturated heterocycles. The standard InChI is InChI=1S/C14H18N2O3/c1-8(2)9-5-4-6-11-13(9)15-10(7-12(17)18)14(19)16(11)3/h4-6,8,10,15H,7H2,1-3H3,(H,17,18). The molecular weight excluding hydrogens is 244 g/mol. The van der Waals surface area contributed by atoms with Crippen LogP contribution in [0, 0.1) is 0 Å². The van der Waals surface area contributed by atoms with E-state index < -0.39 is 12.0 Å². The first-order chi connectivity index (χ1) is 8.91. The molecule has 5 nitrogen and oxygen atoms in total. The highest BCUT2D eigenvalue weighted by atomic mass is 16.4. The normalized spacial score (nSPS) is 18.2. The lowest BCUT2D eigenvalue weighted by molar-refractivity contribution is -0.138. The monoisotopic (exact) mass is 262 g/mol. The second-order valence-electron chi connectivity index (χ2n) is 5.09. The fourth-order valence-electron chi connectivity index (χ4n) is 2.38. The van der Waals surface area contributed by atoms with Gasteiger partial charge in [0.15, 0.2) is 0 Å².